The van der Waals surface area contributed by atoms with Crippen molar-refractivity contribution in [1.82, 2.24) is 9.55 Å². The second kappa shape index (κ2) is 7.95. The number of para-hydroxylation sites is 2. The van der Waals surface area contributed by atoms with Gasteiger partial charge in [-0.1, -0.05) is 29.8 Å². The summed E-state index contributed by atoms with van der Waals surface area (Å²) in [6, 6.07) is 14.0. The van der Waals surface area contributed by atoms with Crippen molar-refractivity contribution in [1.29, 1.82) is 0 Å². The van der Waals surface area contributed by atoms with Gasteiger partial charge in [0.2, 0.25) is 0 Å². The first kappa shape index (κ1) is 17.8. The highest BCUT2D eigenvalue weighted by Crippen LogP contribution is 2.23. The van der Waals surface area contributed by atoms with Gasteiger partial charge in [0.05, 0.1) is 24.1 Å². The second-order valence-electron chi connectivity index (χ2n) is 5.74. The molecule has 2 aromatic carbocycles. The van der Waals surface area contributed by atoms with E-state index in [9.17, 15) is 13.6 Å². The summed E-state index contributed by atoms with van der Waals surface area (Å²) < 4.78 is 37.9. The van der Waals surface area contributed by atoms with E-state index >= 15 is 0 Å². The van der Waals surface area contributed by atoms with Gasteiger partial charge in [-0.25, -0.2) is 4.98 Å². The molecule has 1 heterocycles. The molecule has 0 aliphatic carbocycles. The molecule has 0 aliphatic rings. The Morgan fingerprint density at radius 2 is 1.88 bits per heavy atom. The number of halogens is 2. The number of aryl methyl sites for hydroxylation is 1. The molecule has 0 N–H and O–H groups in total. The van der Waals surface area contributed by atoms with E-state index in [2.05, 4.69) is 4.98 Å². The SMILES string of the molecule is Cc1ccc(OCCC(=O)OCc2nc3ccccc3n2C(F)F)cc1. The molecule has 3 rings (SSSR count). The Balaban J connectivity index is 1.55. The molecule has 0 saturated heterocycles. The largest absolute Gasteiger partial charge is 0.493 e. The third-order valence-electron chi connectivity index (χ3n) is 3.82. The van der Waals surface area contributed by atoms with Crippen LogP contribution in [0.25, 0.3) is 11.0 Å². The summed E-state index contributed by atoms with van der Waals surface area (Å²) in [5.41, 5.74) is 1.84. The zero-order chi connectivity index (χ0) is 18.5. The van der Waals surface area contributed by atoms with Crippen LogP contribution in [0.2, 0.25) is 0 Å². The van der Waals surface area contributed by atoms with E-state index < -0.39 is 12.5 Å². The van der Waals surface area contributed by atoms with Crippen LogP contribution < -0.4 is 4.74 Å². The molecule has 0 spiro atoms. The molecular weight excluding hydrogens is 342 g/mol. The lowest BCUT2D eigenvalue weighted by Crippen LogP contribution is -2.13. The number of ether oxygens (including phenoxy) is 2. The van der Waals surface area contributed by atoms with Crippen LogP contribution >= 0.6 is 0 Å². The average molecular weight is 360 g/mol. The van der Waals surface area contributed by atoms with Crippen molar-refractivity contribution in [2.75, 3.05) is 6.61 Å². The lowest BCUT2D eigenvalue weighted by atomic mass is 10.2. The molecule has 7 heteroatoms. The number of carbonyl (C=O) groups excluding carboxylic acids is 1. The van der Waals surface area contributed by atoms with E-state index in [-0.39, 0.29) is 25.5 Å². The fraction of sp³-hybridized carbons (Fsp3) is 0.263. The highest BCUT2D eigenvalue weighted by molar-refractivity contribution is 5.76. The maximum atomic E-state index is 13.3. The van der Waals surface area contributed by atoms with Crippen LogP contribution in [0, 0.1) is 6.92 Å². The Bertz CT molecular complexity index is 891. The molecule has 0 aliphatic heterocycles. The number of carbonyl (C=O) groups is 1. The van der Waals surface area contributed by atoms with Gasteiger partial charge >= 0.3 is 12.5 Å². The topological polar surface area (TPSA) is 53.4 Å². The molecule has 5 nitrogen and oxygen atoms in total. The molecule has 3 aromatic rings. The van der Waals surface area contributed by atoms with Crippen molar-refractivity contribution in [3.05, 3.63) is 59.9 Å². The third kappa shape index (κ3) is 4.17. The lowest BCUT2D eigenvalue weighted by Gasteiger charge is -2.09. The molecule has 26 heavy (non-hydrogen) atoms. The second-order valence-corrected chi connectivity index (χ2v) is 5.74. The van der Waals surface area contributed by atoms with Gasteiger partial charge in [-0.3, -0.25) is 9.36 Å². The Kier molecular flexibility index (Phi) is 5.46. The normalized spacial score (nSPS) is 11.1. The summed E-state index contributed by atoms with van der Waals surface area (Å²) in [6.45, 7) is -0.968. The third-order valence-corrected chi connectivity index (χ3v) is 3.82. The van der Waals surface area contributed by atoms with Crippen LogP contribution in [0.5, 0.6) is 5.75 Å². The van der Waals surface area contributed by atoms with E-state index in [4.69, 9.17) is 9.47 Å². The van der Waals surface area contributed by atoms with Crippen molar-refractivity contribution in [2.24, 2.45) is 0 Å². The van der Waals surface area contributed by atoms with Gasteiger partial charge in [0.25, 0.3) is 0 Å². The standard InChI is InChI=1S/C19H18F2N2O3/c1-13-6-8-14(9-7-13)25-11-10-18(24)26-12-17-22-15-4-2-3-5-16(15)23(17)19(20)21/h2-9,19H,10-12H2,1H3. The Hall–Kier alpha value is -2.96. The maximum absolute atomic E-state index is 13.3. The van der Waals surface area contributed by atoms with E-state index in [1.807, 2.05) is 31.2 Å². The minimum Gasteiger partial charge on any atom is -0.493 e. The van der Waals surface area contributed by atoms with Gasteiger partial charge in [0.1, 0.15) is 12.4 Å². The Morgan fingerprint density at radius 3 is 2.62 bits per heavy atom. The molecule has 0 fully saturated rings. The van der Waals surface area contributed by atoms with E-state index in [1.165, 1.54) is 0 Å². The molecular formula is C19H18F2N2O3. The molecule has 0 amide bonds. The molecule has 0 saturated carbocycles. The van der Waals surface area contributed by atoms with Crippen molar-refractivity contribution < 1.29 is 23.0 Å². The Morgan fingerprint density at radius 1 is 1.15 bits per heavy atom. The summed E-state index contributed by atoms with van der Waals surface area (Å²) in [4.78, 5) is 15.9. The first-order valence-corrected chi connectivity index (χ1v) is 8.13. The summed E-state index contributed by atoms with van der Waals surface area (Å²) in [7, 11) is 0. The molecule has 136 valence electrons. The quantitative estimate of drug-likeness (QED) is 0.591. The monoisotopic (exact) mass is 360 g/mol. The number of imidazole rings is 1. The van der Waals surface area contributed by atoms with Gasteiger partial charge in [0, 0.05) is 0 Å². The smallest absolute Gasteiger partial charge is 0.320 e. The number of nitrogens with zero attached hydrogens (tertiary/aromatic N) is 2. The zero-order valence-corrected chi connectivity index (χ0v) is 14.2. The fourth-order valence-electron chi connectivity index (χ4n) is 2.52. The van der Waals surface area contributed by atoms with Crippen molar-refractivity contribution in [3.63, 3.8) is 0 Å². The molecule has 0 unspecified atom stereocenters. The number of aromatic nitrogens is 2. The number of hydrogen-bond acceptors (Lipinski definition) is 4. The van der Waals surface area contributed by atoms with Crippen LogP contribution in [0.15, 0.2) is 48.5 Å². The molecule has 0 atom stereocenters. The minimum atomic E-state index is -2.76. The lowest BCUT2D eigenvalue weighted by molar-refractivity contribution is -0.146. The van der Waals surface area contributed by atoms with Crippen LogP contribution in [0.3, 0.4) is 0 Å². The number of fused-ring (bicyclic) bond motifs is 1. The first-order chi connectivity index (χ1) is 12.5. The number of rotatable bonds is 7. The fourth-order valence-corrected chi connectivity index (χ4v) is 2.52. The highest BCUT2D eigenvalue weighted by Gasteiger charge is 2.18. The molecule has 1 aromatic heterocycles. The predicted molar refractivity (Wildman–Crippen MR) is 92.1 cm³/mol. The van der Waals surface area contributed by atoms with Crippen LogP contribution in [-0.2, 0) is 16.1 Å². The van der Waals surface area contributed by atoms with Gasteiger partial charge in [-0.15, -0.1) is 0 Å². The summed E-state index contributed by atoms with van der Waals surface area (Å²) in [5, 5.41) is 0. The first-order valence-electron chi connectivity index (χ1n) is 8.13. The van der Waals surface area contributed by atoms with E-state index in [0.717, 1.165) is 10.1 Å². The predicted octanol–water partition coefficient (Wildman–Crippen LogP) is 4.25. The van der Waals surface area contributed by atoms with E-state index in [0.29, 0.717) is 16.8 Å². The number of hydrogen-bond donors (Lipinski definition) is 0. The summed E-state index contributed by atoms with van der Waals surface area (Å²) >= 11 is 0. The van der Waals surface area contributed by atoms with Crippen LogP contribution in [0.4, 0.5) is 8.78 Å². The van der Waals surface area contributed by atoms with E-state index in [1.54, 1.807) is 24.3 Å². The average Bonchev–Trinajstić information content (AvgIpc) is 3.00. The number of esters is 1. The highest BCUT2D eigenvalue weighted by atomic mass is 19.3. The van der Waals surface area contributed by atoms with Crippen molar-refractivity contribution >= 4 is 17.0 Å². The van der Waals surface area contributed by atoms with Gasteiger partial charge < -0.3 is 9.47 Å². The minimum absolute atomic E-state index is 0.00834. The van der Waals surface area contributed by atoms with Gasteiger partial charge in [-0.2, -0.15) is 8.78 Å². The van der Waals surface area contributed by atoms with Gasteiger partial charge in [-0.05, 0) is 31.2 Å². The molecule has 0 bridgehead atoms. The van der Waals surface area contributed by atoms with Crippen LogP contribution in [-0.4, -0.2) is 22.1 Å². The number of alkyl halides is 2. The zero-order valence-electron chi connectivity index (χ0n) is 14.2. The number of benzene rings is 2. The van der Waals surface area contributed by atoms with Crippen molar-refractivity contribution in [3.8, 4) is 5.75 Å². The van der Waals surface area contributed by atoms with Crippen molar-refractivity contribution in [2.45, 2.75) is 26.5 Å². The van der Waals surface area contributed by atoms with Crippen LogP contribution in [0.1, 0.15) is 24.4 Å². The summed E-state index contributed by atoms with van der Waals surface area (Å²) in [6.07, 6.45) is 0.0167. The molecule has 0 radical (unpaired) electrons. The maximum Gasteiger partial charge on any atom is 0.320 e. The Labute approximate surface area is 149 Å². The van der Waals surface area contributed by atoms with Gasteiger partial charge in [0.15, 0.2) is 5.82 Å². The summed E-state index contributed by atoms with van der Waals surface area (Å²) in [5.74, 6) is 0.127.